The molecule has 106 valence electrons. The number of piperidine rings is 1. The van der Waals surface area contributed by atoms with Gasteiger partial charge in [-0.25, -0.2) is 0 Å². The van der Waals surface area contributed by atoms with Gasteiger partial charge in [0.1, 0.15) is 0 Å². The topological polar surface area (TPSA) is 32.7 Å². The monoisotopic (exact) mass is 283 g/mol. The van der Waals surface area contributed by atoms with Crippen molar-refractivity contribution in [3.63, 3.8) is 0 Å². The molecule has 0 atom stereocenters. The molecule has 1 aliphatic rings. The predicted octanol–water partition coefficient (Wildman–Crippen LogP) is 3.68. The molecular formula is C15H22ClNO2. The highest BCUT2D eigenvalue weighted by Crippen LogP contribution is 2.35. The second kappa shape index (κ2) is 6.49. The summed E-state index contributed by atoms with van der Waals surface area (Å²) in [5.74, 6) is 1.36. The molecule has 0 radical (unpaired) electrons. The van der Waals surface area contributed by atoms with Gasteiger partial charge in [0.15, 0.2) is 11.5 Å². The number of hydrogen-bond donors (Lipinski definition) is 1. The third-order valence-electron chi connectivity index (χ3n) is 4.00. The standard InChI is InChI=1S/C15H22ClNO2/c1-3-11-4-6-17(7-5-11)10-12-8-13(16)15(18)14(9-12)19-2/h8-9,11,18H,3-7,10H2,1-2H3. The largest absolute Gasteiger partial charge is 0.503 e. The number of likely N-dealkylation sites (tertiary alicyclic amines) is 1. The van der Waals surface area contributed by atoms with E-state index in [9.17, 15) is 5.11 Å². The van der Waals surface area contributed by atoms with Crippen LogP contribution in [0, 0.1) is 5.92 Å². The van der Waals surface area contributed by atoms with Crippen molar-refractivity contribution in [1.82, 2.24) is 4.90 Å². The summed E-state index contributed by atoms with van der Waals surface area (Å²) in [4.78, 5) is 2.44. The van der Waals surface area contributed by atoms with Crippen molar-refractivity contribution in [1.29, 1.82) is 0 Å². The highest BCUT2D eigenvalue weighted by atomic mass is 35.5. The van der Waals surface area contributed by atoms with E-state index in [1.807, 2.05) is 12.1 Å². The van der Waals surface area contributed by atoms with Crippen LogP contribution < -0.4 is 4.74 Å². The van der Waals surface area contributed by atoms with Crippen molar-refractivity contribution in [3.05, 3.63) is 22.7 Å². The summed E-state index contributed by atoms with van der Waals surface area (Å²) in [6.07, 6.45) is 3.84. The molecule has 1 N–H and O–H groups in total. The average molecular weight is 284 g/mol. The fourth-order valence-corrected chi connectivity index (χ4v) is 2.92. The Morgan fingerprint density at radius 1 is 1.37 bits per heavy atom. The molecule has 0 amide bonds. The maximum Gasteiger partial charge on any atom is 0.176 e. The van der Waals surface area contributed by atoms with Crippen LogP contribution in [0.1, 0.15) is 31.7 Å². The van der Waals surface area contributed by atoms with E-state index in [0.717, 1.165) is 31.1 Å². The summed E-state index contributed by atoms with van der Waals surface area (Å²) >= 11 is 6.01. The first kappa shape index (κ1) is 14.5. The smallest absolute Gasteiger partial charge is 0.176 e. The lowest BCUT2D eigenvalue weighted by Gasteiger charge is -2.31. The molecule has 0 unspecified atom stereocenters. The van der Waals surface area contributed by atoms with Crippen LogP contribution in [0.2, 0.25) is 5.02 Å². The van der Waals surface area contributed by atoms with Crippen LogP contribution in [0.25, 0.3) is 0 Å². The summed E-state index contributed by atoms with van der Waals surface area (Å²) in [5, 5.41) is 10.1. The van der Waals surface area contributed by atoms with Crippen molar-refractivity contribution >= 4 is 11.6 Å². The highest BCUT2D eigenvalue weighted by molar-refractivity contribution is 6.32. The molecule has 1 aromatic rings. The van der Waals surface area contributed by atoms with Gasteiger partial charge in [0.25, 0.3) is 0 Å². The van der Waals surface area contributed by atoms with Crippen LogP contribution in [0.15, 0.2) is 12.1 Å². The van der Waals surface area contributed by atoms with Crippen LogP contribution in [0.3, 0.4) is 0 Å². The zero-order valence-electron chi connectivity index (χ0n) is 11.7. The Balaban J connectivity index is 2.02. The number of nitrogens with zero attached hydrogens (tertiary/aromatic N) is 1. The summed E-state index contributed by atoms with van der Waals surface area (Å²) in [6, 6.07) is 3.69. The Bertz CT molecular complexity index is 428. The molecule has 3 nitrogen and oxygen atoms in total. The van der Waals surface area contributed by atoms with Gasteiger partial charge >= 0.3 is 0 Å². The van der Waals surface area contributed by atoms with Gasteiger partial charge in [-0.15, -0.1) is 0 Å². The van der Waals surface area contributed by atoms with Gasteiger partial charge < -0.3 is 9.84 Å². The van der Waals surface area contributed by atoms with Gasteiger partial charge in [-0.05, 0) is 49.5 Å². The maximum absolute atomic E-state index is 9.72. The quantitative estimate of drug-likeness (QED) is 0.915. The van der Waals surface area contributed by atoms with E-state index in [-0.39, 0.29) is 5.75 Å². The molecule has 1 aromatic carbocycles. The predicted molar refractivity (Wildman–Crippen MR) is 78.0 cm³/mol. The molecular weight excluding hydrogens is 262 g/mol. The lowest BCUT2D eigenvalue weighted by Crippen LogP contribution is -2.33. The van der Waals surface area contributed by atoms with Gasteiger partial charge in [-0.2, -0.15) is 0 Å². The van der Waals surface area contributed by atoms with Crippen LogP contribution in [0.4, 0.5) is 0 Å². The third-order valence-corrected chi connectivity index (χ3v) is 4.29. The Morgan fingerprint density at radius 2 is 2.05 bits per heavy atom. The van der Waals surface area contributed by atoms with Crippen molar-refractivity contribution in [2.45, 2.75) is 32.7 Å². The molecule has 0 bridgehead atoms. The Labute approximate surface area is 120 Å². The number of ether oxygens (including phenoxy) is 1. The number of aromatic hydroxyl groups is 1. The SMILES string of the molecule is CCC1CCN(Cc2cc(Cl)c(O)c(OC)c2)CC1. The van der Waals surface area contributed by atoms with E-state index < -0.39 is 0 Å². The van der Waals surface area contributed by atoms with Crippen LogP contribution in [-0.2, 0) is 6.54 Å². The number of halogens is 1. The minimum Gasteiger partial charge on any atom is -0.503 e. The van der Waals surface area contributed by atoms with Gasteiger partial charge in [-0.1, -0.05) is 24.9 Å². The van der Waals surface area contributed by atoms with E-state index >= 15 is 0 Å². The second-order valence-electron chi connectivity index (χ2n) is 5.26. The van der Waals surface area contributed by atoms with Crippen molar-refractivity contribution in [3.8, 4) is 11.5 Å². The zero-order valence-corrected chi connectivity index (χ0v) is 12.4. The molecule has 1 heterocycles. The maximum atomic E-state index is 9.72. The van der Waals surface area contributed by atoms with Crippen molar-refractivity contribution < 1.29 is 9.84 Å². The number of methoxy groups -OCH3 is 1. The third kappa shape index (κ3) is 3.54. The fourth-order valence-electron chi connectivity index (χ4n) is 2.69. The van der Waals surface area contributed by atoms with E-state index in [4.69, 9.17) is 16.3 Å². The van der Waals surface area contributed by atoms with Crippen LogP contribution in [-0.4, -0.2) is 30.2 Å². The van der Waals surface area contributed by atoms with Crippen LogP contribution in [0.5, 0.6) is 11.5 Å². The van der Waals surface area contributed by atoms with Crippen molar-refractivity contribution in [2.75, 3.05) is 20.2 Å². The molecule has 1 fully saturated rings. The Morgan fingerprint density at radius 3 is 2.63 bits per heavy atom. The summed E-state index contributed by atoms with van der Waals surface area (Å²) in [6.45, 7) is 5.41. The summed E-state index contributed by atoms with van der Waals surface area (Å²) in [5.41, 5.74) is 1.09. The van der Waals surface area contributed by atoms with Gasteiger partial charge in [-0.3, -0.25) is 4.90 Å². The summed E-state index contributed by atoms with van der Waals surface area (Å²) in [7, 11) is 1.54. The molecule has 1 aliphatic heterocycles. The average Bonchev–Trinajstić information content (AvgIpc) is 2.43. The molecule has 0 spiro atoms. The first-order valence-electron chi connectivity index (χ1n) is 6.91. The normalized spacial score (nSPS) is 17.6. The number of phenolic OH excluding ortho intramolecular Hbond substituents is 1. The van der Waals surface area contributed by atoms with Crippen LogP contribution >= 0.6 is 11.6 Å². The van der Waals surface area contributed by atoms with Gasteiger partial charge in [0.05, 0.1) is 12.1 Å². The van der Waals surface area contributed by atoms with Gasteiger partial charge in [0.2, 0.25) is 0 Å². The number of rotatable bonds is 4. The first-order valence-corrected chi connectivity index (χ1v) is 7.29. The number of phenols is 1. The zero-order chi connectivity index (χ0) is 13.8. The van der Waals surface area contributed by atoms with Crippen molar-refractivity contribution in [2.24, 2.45) is 5.92 Å². The fraction of sp³-hybridized carbons (Fsp3) is 0.600. The second-order valence-corrected chi connectivity index (χ2v) is 5.66. The molecule has 19 heavy (non-hydrogen) atoms. The van der Waals surface area contributed by atoms with E-state index in [2.05, 4.69) is 11.8 Å². The molecule has 1 saturated heterocycles. The summed E-state index contributed by atoms with van der Waals surface area (Å²) < 4.78 is 5.14. The number of hydrogen-bond acceptors (Lipinski definition) is 3. The highest BCUT2D eigenvalue weighted by Gasteiger charge is 2.18. The first-order chi connectivity index (χ1) is 9.13. The minimum absolute atomic E-state index is 0.0256. The molecule has 2 rings (SSSR count). The Kier molecular flexibility index (Phi) is 4.94. The molecule has 0 aromatic heterocycles. The lowest BCUT2D eigenvalue weighted by atomic mass is 9.94. The van der Waals surface area contributed by atoms with E-state index in [1.54, 1.807) is 7.11 Å². The molecule has 0 saturated carbocycles. The van der Waals surface area contributed by atoms with E-state index in [0.29, 0.717) is 10.8 Å². The number of benzene rings is 1. The van der Waals surface area contributed by atoms with E-state index in [1.165, 1.54) is 19.3 Å². The molecule has 4 heteroatoms. The Hall–Kier alpha value is -0.930. The molecule has 0 aliphatic carbocycles. The minimum atomic E-state index is 0.0256. The lowest BCUT2D eigenvalue weighted by molar-refractivity contribution is 0.175. The van der Waals surface area contributed by atoms with Gasteiger partial charge in [0, 0.05) is 6.54 Å².